The first kappa shape index (κ1) is 21.4. The number of carbonyl (C=O) groups excluding carboxylic acids is 1. The van der Waals surface area contributed by atoms with E-state index in [1.165, 1.54) is 5.69 Å². The fourth-order valence-electron chi connectivity index (χ4n) is 4.97. The Bertz CT molecular complexity index is 1360. The SMILES string of the molecule is CN1c2ccccc2C(=O)NC1c1c[nH]nc1-c1cccc(-c2ccc(N3CCOCC3)cc2)c1. The lowest BCUT2D eigenvalue weighted by atomic mass is 9.98. The van der Waals surface area contributed by atoms with E-state index < -0.39 is 0 Å². The summed E-state index contributed by atoms with van der Waals surface area (Å²) in [6.45, 7) is 3.40. The number of hydrogen-bond acceptors (Lipinski definition) is 5. The van der Waals surface area contributed by atoms with Gasteiger partial charge in [0.15, 0.2) is 0 Å². The molecule has 7 heteroatoms. The summed E-state index contributed by atoms with van der Waals surface area (Å²) in [5.74, 6) is -0.0787. The van der Waals surface area contributed by atoms with E-state index in [9.17, 15) is 4.79 Å². The third-order valence-corrected chi connectivity index (χ3v) is 6.86. The van der Waals surface area contributed by atoms with Gasteiger partial charge >= 0.3 is 0 Å². The maximum absolute atomic E-state index is 12.8. The van der Waals surface area contributed by atoms with Crippen molar-refractivity contribution in [3.63, 3.8) is 0 Å². The Morgan fingerprint density at radius 1 is 0.914 bits per heavy atom. The quantitative estimate of drug-likeness (QED) is 0.466. The van der Waals surface area contributed by atoms with Crippen molar-refractivity contribution < 1.29 is 9.53 Å². The van der Waals surface area contributed by atoms with Crippen LogP contribution in [0.2, 0.25) is 0 Å². The van der Waals surface area contributed by atoms with Crippen molar-refractivity contribution in [2.45, 2.75) is 6.17 Å². The van der Waals surface area contributed by atoms with E-state index in [1.807, 2.05) is 37.5 Å². The number of carbonyl (C=O) groups is 1. The Labute approximate surface area is 204 Å². The summed E-state index contributed by atoms with van der Waals surface area (Å²) < 4.78 is 5.47. The van der Waals surface area contributed by atoms with Crippen LogP contribution in [0.25, 0.3) is 22.4 Å². The number of amides is 1. The van der Waals surface area contributed by atoms with Crippen molar-refractivity contribution in [2.24, 2.45) is 0 Å². The Kier molecular flexibility index (Phi) is 5.47. The van der Waals surface area contributed by atoms with Crippen molar-refractivity contribution in [1.82, 2.24) is 15.5 Å². The number of nitrogens with zero attached hydrogens (tertiary/aromatic N) is 3. The third-order valence-electron chi connectivity index (χ3n) is 6.86. The predicted molar refractivity (Wildman–Crippen MR) is 138 cm³/mol. The molecule has 1 aromatic heterocycles. The van der Waals surface area contributed by atoms with E-state index in [0.29, 0.717) is 5.56 Å². The Hall–Kier alpha value is -4.10. The van der Waals surface area contributed by atoms with Crippen LogP contribution >= 0.6 is 0 Å². The maximum Gasteiger partial charge on any atom is 0.255 e. The van der Waals surface area contributed by atoms with Gasteiger partial charge in [0.05, 0.1) is 30.2 Å². The monoisotopic (exact) mass is 465 g/mol. The molecule has 1 fully saturated rings. The minimum absolute atomic E-state index is 0.0787. The molecule has 3 heterocycles. The van der Waals surface area contributed by atoms with Crippen LogP contribution in [0.5, 0.6) is 0 Å². The second kappa shape index (κ2) is 8.92. The molecule has 6 rings (SSSR count). The summed E-state index contributed by atoms with van der Waals surface area (Å²) in [5.41, 5.74) is 7.83. The highest BCUT2D eigenvalue weighted by Gasteiger charge is 2.31. The van der Waals surface area contributed by atoms with Crippen molar-refractivity contribution in [1.29, 1.82) is 0 Å². The number of H-pyrrole nitrogens is 1. The van der Waals surface area contributed by atoms with Gasteiger partial charge in [-0.25, -0.2) is 0 Å². The molecule has 1 unspecified atom stereocenters. The zero-order chi connectivity index (χ0) is 23.8. The van der Waals surface area contributed by atoms with Crippen LogP contribution in [0.15, 0.2) is 79.0 Å². The largest absolute Gasteiger partial charge is 0.378 e. The molecule has 176 valence electrons. The van der Waals surface area contributed by atoms with Gasteiger partial charge < -0.3 is 19.9 Å². The summed E-state index contributed by atoms with van der Waals surface area (Å²) in [5, 5.41) is 10.7. The first-order valence-electron chi connectivity index (χ1n) is 11.9. The zero-order valence-electron chi connectivity index (χ0n) is 19.6. The number of benzene rings is 3. The lowest BCUT2D eigenvalue weighted by molar-refractivity contribution is 0.0928. The third kappa shape index (κ3) is 3.94. The van der Waals surface area contributed by atoms with Gasteiger partial charge in [0.2, 0.25) is 0 Å². The van der Waals surface area contributed by atoms with E-state index in [-0.39, 0.29) is 12.1 Å². The van der Waals surface area contributed by atoms with Gasteiger partial charge in [0, 0.05) is 43.1 Å². The molecule has 7 nitrogen and oxygen atoms in total. The smallest absolute Gasteiger partial charge is 0.255 e. The van der Waals surface area contributed by atoms with Gasteiger partial charge in [0.1, 0.15) is 6.17 Å². The standard InChI is InChI=1S/C28H27N5O2/c1-32-25-8-3-2-7-23(25)28(34)30-27(32)24-18-29-31-26(24)21-6-4-5-20(17-21)19-9-11-22(12-10-19)33-13-15-35-16-14-33/h2-12,17-18,27H,13-16H2,1H3,(H,29,31)(H,30,34). The molecule has 0 aliphatic carbocycles. The molecule has 1 amide bonds. The van der Waals surface area contributed by atoms with Crippen LogP contribution < -0.4 is 15.1 Å². The molecule has 35 heavy (non-hydrogen) atoms. The van der Waals surface area contributed by atoms with E-state index in [1.54, 1.807) is 0 Å². The van der Waals surface area contributed by atoms with E-state index >= 15 is 0 Å². The van der Waals surface area contributed by atoms with E-state index in [4.69, 9.17) is 4.74 Å². The van der Waals surface area contributed by atoms with Gasteiger partial charge in [-0.1, -0.05) is 42.5 Å². The van der Waals surface area contributed by atoms with E-state index in [0.717, 1.165) is 59.9 Å². The first-order valence-corrected chi connectivity index (χ1v) is 11.9. The lowest BCUT2D eigenvalue weighted by Crippen LogP contribution is -2.44. The van der Waals surface area contributed by atoms with Gasteiger partial charge in [-0.05, 0) is 41.5 Å². The lowest BCUT2D eigenvalue weighted by Gasteiger charge is -2.36. The zero-order valence-corrected chi connectivity index (χ0v) is 19.6. The molecule has 1 atom stereocenters. The number of nitrogens with one attached hydrogen (secondary N) is 2. The molecule has 0 radical (unpaired) electrons. The van der Waals surface area contributed by atoms with Gasteiger partial charge in [-0.3, -0.25) is 9.89 Å². The van der Waals surface area contributed by atoms with Crippen molar-refractivity contribution in [2.75, 3.05) is 43.2 Å². The average Bonchev–Trinajstić information content (AvgIpc) is 3.41. The molecular weight excluding hydrogens is 438 g/mol. The van der Waals surface area contributed by atoms with Crippen LogP contribution in [0.1, 0.15) is 22.1 Å². The van der Waals surface area contributed by atoms with Crippen molar-refractivity contribution >= 4 is 17.3 Å². The highest BCUT2D eigenvalue weighted by atomic mass is 16.5. The highest BCUT2D eigenvalue weighted by molar-refractivity contribution is 6.02. The molecule has 4 aromatic rings. The van der Waals surface area contributed by atoms with Crippen molar-refractivity contribution in [3.8, 4) is 22.4 Å². The van der Waals surface area contributed by atoms with Crippen LogP contribution in [-0.2, 0) is 4.74 Å². The molecule has 1 saturated heterocycles. The number of fused-ring (bicyclic) bond motifs is 1. The fourth-order valence-corrected chi connectivity index (χ4v) is 4.97. The Balaban J connectivity index is 1.30. The number of para-hydroxylation sites is 1. The molecule has 2 N–H and O–H groups in total. The minimum atomic E-state index is -0.317. The van der Waals surface area contributed by atoms with Crippen LogP contribution in [-0.4, -0.2) is 49.5 Å². The molecule has 0 spiro atoms. The van der Waals surface area contributed by atoms with Gasteiger partial charge in [-0.15, -0.1) is 0 Å². The number of aromatic amines is 1. The normalized spacial score (nSPS) is 17.7. The van der Waals surface area contributed by atoms with Crippen molar-refractivity contribution in [3.05, 3.63) is 90.1 Å². The van der Waals surface area contributed by atoms with E-state index in [2.05, 4.69) is 73.8 Å². The molecule has 0 saturated carbocycles. The first-order chi connectivity index (χ1) is 17.2. The molecule has 3 aromatic carbocycles. The number of anilines is 2. The van der Waals surface area contributed by atoms with Crippen LogP contribution in [0.3, 0.4) is 0 Å². The van der Waals surface area contributed by atoms with Crippen LogP contribution in [0.4, 0.5) is 11.4 Å². The molecule has 2 aliphatic rings. The summed E-state index contributed by atoms with van der Waals surface area (Å²) in [4.78, 5) is 17.2. The summed E-state index contributed by atoms with van der Waals surface area (Å²) >= 11 is 0. The topological polar surface area (TPSA) is 73.5 Å². The second-order valence-corrected chi connectivity index (χ2v) is 8.92. The second-order valence-electron chi connectivity index (χ2n) is 8.92. The predicted octanol–water partition coefficient (Wildman–Crippen LogP) is 4.46. The number of rotatable bonds is 4. The number of aromatic nitrogens is 2. The summed E-state index contributed by atoms with van der Waals surface area (Å²) in [6, 6.07) is 24.7. The molecular formula is C28H27N5O2. The summed E-state index contributed by atoms with van der Waals surface area (Å²) in [6.07, 6.45) is 1.55. The maximum atomic E-state index is 12.8. The Morgan fingerprint density at radius 3 is 2.51 bits per heavy atom. The highest BCUT2D eigenvalue weighted by Crippen LogP contribution is 2.36. The number of ether oxygens (including phenoxy) is 1. The molecule has 2 aliphatic heterocycles. The summed E-state index contributed by atoms with van der Waals surface area (Å²) in [7, 11) is 1.99. The number of hydrogen-bond donors (Lipinski definition) is 2. The van der Waals surface area contributed by atoms with Crippen LogP contribution in [0, 0.1) is 0 Å². The fraction of sp³-hybridized carbons (Fsp3) is 0.214. The Morgan fingerprint density at radius 2 is 1.69 bits per heavy atom. The minimum Gasteiger partial charge on any atom is -0.378 e. The molecule has 0 bridgehead atoms. The average molecular weight is 466 g/mol. The van der Waals surface area contributed by atoms with Gasteiger partial charge in [-0.2, -0.15) is 5.10 Å². The van der Waals surface area contributed by atoms with Gasteiger partial charge in [0.25, 0.3) is 5.91 Å². The number of morpholine rings is 1.